The van der Waals surface area contributed by atoms with Crippen molar-refractivity contribution >= 4 is 23.6 Å². The molecular formula is C23H14O4. The summed E-state index contributed by atoms with van der Waals surface area (Å²) in [6.45, 7) is 0. The minimum atomic E-state index is -0.619. The van der Waals surface area contributed by atoms with Crippen LogP contribution >= 0.6 is 0 Å². The molecule has 0 saturated heterocycles. The van der Waals surface area contributed by atoms with Crippen molar-refractivity contribution in [3.05, 3.63) is 107 Å². The van der Waals surface area contributed by atoms with Crippen LogP contribution in [0.4, 0.5) is 0 Å². The number of ketones is 2. The summed E-state index contributed by atoms with van der Waals surface area (Å²) >= 11 is 0. The second kappa shape index (κ2) is 6.84. The summed E-state index contributed by atoms with van der Waals surface area (Å²) < 4.78 is 5.37. The third kappa shape index (κ3) is 3.09. The van der Waals surface area contributed by atoms with Crippen LogP contribution in [0.5, 0.6) is 5.75 Å². The van der Waals surface area contributed by atoms with Crippen LogP contribution in [0.25, 0.3) is 6.08 Å². The molecule has 0 N–H and O–H groups in total. The Morgan fingerprint density at radius 3 is 2.07 bits per heavy atom. The van der Waals surface area contributed by atoms with E-state index in [1.165, 1.54) is 12.1 Å². The van der Waals surface area contributed by atoms with Crippen LogP contribution in [0.2, 0.25) is 0 Å². The van der Waals surface area contributed by atoms with Crippen molar-refractivity contribution in [2.24, 2.45) is 0 Å². The first-order valence-corrected chi connectivity index (χ1v) is 8.41. The molecular weight excluding hydrogens is 340 g/mol. The van der Waals surface area contributed by atoms with E-state index in [0.29, 0.717) is 11.1 Å². The molecule has 4 nitrogen and oxygen atoms in total. The van der Waals surface area contributed by atoms with E-state index in [0.717, 1.165) is 5.56 Å². The molecule has 1 aliphatic rings. The molecule has 1 aliphatic carbocycles. The Labute approximate surface area is 155 Å². The largest absolute Gasteiger partial charge is 0.423 e. The van der Waals surface area contributed by atoms with Crippen LogP contribution in [0.15, 0.2) is 78.9 Å². The van der Waals surface area contributed by atoms with Gasteiger partial charge >= 0.3 is 5.97 Å². The Bertz CT molecular complexity index is 1090. The average Bonchev–Trinajstić information content (AvgIpc) is 2.71. The minimum Gasteiger partial charge on any atom is -0.423 e. The van der Waals surface area contributed by atoms with Gasteiger partial charge in [0.2, 0.25) is 0 Å². The Balaban J connectivity index is 1.66. The topological polar surface area (TPSA) is 60.4 Å². The van der Waals surface area contributed by atoms with E-state index in [1.54, 1.807) is 42.5 Å². The SMILES string of the molecule is O=C(/C=C/c1ccccc1)Oc1cccc2c1C(=O)c1ccccc1C2=O. The van der Waals surface area contributed by atoms with Crippen LogP contribution < -0.4 is 4.74 Å². The predicted molar refractivity (Wildman–Crippen MR) is 101 cm³/mol. The van der Waals surface area contributed by atoms with Gasteiger partial charge in [-0.15, -0.1) is 0 Å². The number of benzene rings is 3. The van der Waals surface area contributed by atoms with E-state index < -0.39 is 5.97 Å². The highest BCUT2D eigenvalue weighted by atomic mass is 16.5. The molecule has 0 amide bonds. The molecule has 0 atom stereocenters. The summed E-state index contributed by atoms with van der Waals surface area (Å²) in [7, 11) is 0. The van der Waals surface area contributed by atoms with E-state index in [2.05, 4.69) is 0 Å². The molecule has 130 valence electrons. The van der Waals surface area contributed by atoms with E-state index in [4.69, 9.17) is 4.74 Å². The predicted octanol–water partition coefficient (Wildman–Crippen LogP) is 4.08. The highest BCUT2D eigenvalue weighted by molar-refractivity contribution is 6.29. The molecule has 0 saturated carbocycles. The summed E-state index contributed by atoms with van der Waals surface area (Å²) in [6.07, 6.45) is 2.91. The minimum absolute atomic E-state index is 0.0862. The normalized spacial score (nSPS) is 12.6. The van der Waals surface area contributed by atoms with Gasteiger partial charge in [-0.25, -0.2) is 4.79 Å². The van der Waals surface area contributed by atoms with Gasteiger partial charge in [0.25, 0.3) is 0 Å². The van der Waals surface area contributed by atoms with Crippen molar-refractivity contribution < 1.29 is 19.1 Å². The lowest BCUT2D eigenvalue weighted by Crippen LogP contribution is -2.22. The molecule has 0 spiro atoms. The van der Waals surface area contributed by atoms with Gasteiger partial charge in [0.05, 0.1) is 5.56 Å². The third-order valence-electron chi connectivity index (χ3n) is 4.34. The number of carbonyl (C=O) groups is 3. The van der Waals surface area contributed by atoms with Crippen LogP contribution in [0, 0.1) is 0 Å². The molecule has 0 bridgehead atoms. The molecule has 0 unspecified atom stereocenters. The van der Waals surface area contributed by atoms with Crippen molar-refractivity contribution in [3.8, 4) is 5.75 Å². The van der Waals surface area contributed by atoms with Crippen molar-refractivity contribution in [1.29, 1.82) is 0 Å². The zero-order chi connectivity index (χ0) is 18.8. The van der Waals surface area contributed by atoms with E-state index in [-0.39, 0.29) is 28.4 Å². The molecule has 0 fully saturated rings. The maximum absolute atomic E-state index is 12.9. The molecule has 0 radical (unpaired) electrons. The summed E-state index contributed by atoms with van der Waals surface area (Å²) in [5, 5.41) is 0. The van der Waals surface area contributed by atoms with Crippen LogP contribution in [-0.2, 0) is 4.79 Å². The monoisotopic (exact) mass is 354 g/mol. The molecule has 3 aromatic rings. The molecule has 4 rings (SSSR count). The summed E-state index contributed by atoms with van der Waals surface area (Å²) in [4.78, 5) is 37.8. The standard InChI is InChI=1S/C23H14O4/c24-20(14-13-15-7-2-1-3-8-15)27-19-12-6-11-18-21(19)23(26)17-10-5-4-9-16(17)22(18)25/h1-14H/b14-13+. The summed E-state index contributed by atoms with van der Waals surface area (Å²) in [6, 6.07) is 20.6. The maximum atomic E-state index is 12.9. The highest BCUT2D eigenvalue weighted by Crippen LogP contribution is 2.33. The lowest BCUT2D eigenvalue weighted by atomic mass is 9.83. The third-order valence-corrected chi connectivity index (χ3v) is 4.34. The smallest absolute Gasteiger partial charge is 0.336 e. The fraction of sp³-hybridized carbons (Fsp3) is 0. The lowest BCUT2D eigenvalue weighted by Gasteiger charge is -2.19. The molecule has 4 heteroatoms. The van der Waals surface area contributed by atoms with Gasteiger partial charge in [-0.05, 0) is 17.7 Å². The fourth-order valence-electron chi connectivity index (χ4n) is 3.07. The first kappa shape index (κ1) is 16.7. The molecule has 0 aliphatic heterocycles. The van der Waals surface area contributed by atoms with Gasteiger partial charge in [-0.3, -0.25) is 9.59 Å². The van der Waals surface area contributed by atoms with Gasteiger partial charge in [0.15, 0.2) is 11.6 Å². The van der Waals surface area contributed by atoms with Crippen LogP contribution in [-0.4, -0.2) is 17.5 Å². The van der Waals surface area contributed by atoms with E-state index in [9.17, 15) is 14.4 Å². The number of hydrogen-bond acceptors (Lipinski definition) is 4. The first-order chi connectivity index (χ1) is 13.1. The second-order valence-electron chi connectivity index (χ2n) is 6.05. The zero-order valence-electron chi connectivity index (χ0n) is 14.2. The zero-order valence-corrected chi connectivity index (χ0v) is 14.2. The number of rotatable bonds is 3. The molecule has 27 heavy (non-hydrogen) atoms. The summed E-state index contributed by atoms with van der Waals surface area (Å²) in [5.41, 5.74) is 1.91. The Kier molecular flexibility index (Phi) is 4.22. The highest BCUT2D eigenvalue weighted by Gasteiger charge is 2.32. The second-order valence-corrected chi connectivity index (χ2v) is 6.05. The molecule has 3 aromatic carbocycles. The average molecular weight is 354 g/mol. The number of carbonyl (C=O) groups excluding carboxylic acids is 3. The van der Waals surface area contributed by atoms with Crippen molar-refractivity contribution in [2.75, 3.05) is 0 Å². The number of ether oxygens (including phenoxy) is 1. The first-order valence-electron chi connectivity index (χ1n) is 8.41. The molecule has 0 aromatic heterocycles. The number of fused-ring (bicyclic) bond motifs is 2. The quantitative estimate of drug-likeness (QED) is 0.316. The number of esters is 1. The Morgan fingerprint density at radius 1 is 0.704 bits per heavy atom. The van der Waals surface area contributed by atoms with Gasteiger partial charge in [-0.1, -0.05) is 66.7 Å². The van der Waals surface area contributed by atoms with Crippen molar-refractivity contribution in [3.63, 3.8) is 0 Å². The lowest BCUT2D eigenvalue weighted by molar-refractivity contribution is -0.128. The van der Waals surface area contributed by atoms with E-state index >= 15 is 0 Å². The van der Waals surface area contributed by atoms with Crippen LogP contribution in [0.1, 0.15) is 37.4 Å². The van der Waals surface area contributed by atoms with Crippen LogP contribution in [0.3, 0.4) is 0 Å². The maximum Gasteiger partial charge on any atom is 0.336 e. The van der Waals surface area contributed by atoms with Gasteiger partial charge in [0.1, 0.15) is 5.75 Å². The van der Waals surface area contributed by atoms with Crippen molar-refractivity contribution in [2.45, 2.75) is 0 Å². The van der Waals surface area contributed by atoms with Gasteiger partial charge in [-0.2, -0.15) is 0 Å². The Morgan fingerprint density at radius 2 is 1.33 bits per heavy atom. The summed E-state index contributed by atoms with van der Waals surface area (Å²) in [5.74, 6) is -1.11. The van der Waals surface area contributed by atoms with E-state index in [1.807, 2.05) is 30.3 Å². The molecule has 0 heterocycles. The number of hydrogen-bond donors (Lipinski definition) is 0. The fourth-order valence-corrected chi connectivity index (χ4v) is 3.07. The van der Waals surface area contributed by atoms with Crippen molar-refractivity contribution in [1.82, 2.24) is 0 Å². The van der Waals surface area contributed by atoms with Gasteiger partial charge < -0.3 is 4.74 Å². The van der Waals surface area contributed by atoms with Gasteiger partial charge in [0, 0.05) is 22.8 Å². The Hall–Kier alpha value is -3.79.